The lowest BCUT2D eigenvalue weighted by atomic mass is 10.1. The lowest BCUT2D eigenvalue weighted by molar-refractivity contribution is 0.100. The number of rotatable bonds is 4. The molecular weight excluding hydrogens is 237 g/mol. The number of nitrogen functional groups attached to an aromatic ring is 1. The van der Waals surface area contributed by atoms with Gasteiger partial charge in [0.1, 0.15) is 5.82 Å². The summed E-state index contributed by atoms with van der Waals surface area (Å²) in [4.78, 5) is 11.1. The summed E-state index contributed by atoms with van der Waals surface area (Å²) in [5.41, 5.74) is 11.8. The number of benzene rings is 1. The van der Waals surface area contributed by atoms with Gasteiger partial charge in [-0.25, -0.2) is 4.39 Å². The predicted octanol–water partition coefficient (Wildman–Crippen LogP) is 1.71. The molecular formula is C12H12FN3O2. The van der Waals surface area contributed by atoms with Crippen molar-refractivity contribution in [3.8, 4) is 0 Å². The fraction of sp³-hybridized carbons (Fsp3) is 0.0833. The van der Waals surface area contributed by atoms with Crippen LogP contribution in [0.1, 0.15) is 15.9 Å². The van der Waals surface area contributed by atoms with E-state index in [1.54, 1.807) is 6.07 Å². The van der Waals surface area contributed by atoms with Gasteiger partial charge in [-0.05, 0) is 18.2 Å². The lowest BCUT2D eigenvalue weighted by Crippen LogP contribution is -2.14. The van der Waals surface area contributed by atoms with Crippen molar-refractivity contribution >= 4 is 17.3 Å². The fourth-order valence-corrected chi connectivity index (χ4v) is 1.53. The highest BCUT2D eigenvalue weighted by molar-refractivity contribution is 5.99. The zero-order valence-corrected chi connectivity index (χ0v) is 9.44. The first-order valence-electron chi connectivity index (χ1n) is 5.21. The number of hydrogen-bond donors (Lipinski definition) is 3. The van der Waals surface area contributed by atoms with E-state index < -0.39 is 11.7 Å². The number of furan rings is 1. The molecule has 1 heterocycles. The van der Waals surface area contributed by atoms with E-state index in [9.17, 15) is 9.18 Å². The van der Waals surface area contributed by atoms with Gasteiger partial charge in [0.2, 0.25) is 0 Å². The van der Waals surface area contributed by atoms with Crippen LogP contribution in [0.15, 0.2) is 35.1 Å². The number of hydrogen-bond acceptors (Lipinski definition) is 4. The van der Waals surface area contributed by atoms with Crippen LogP contribution in [0.25, 0.3) is 0 Å². The first-order valence-corrected chi connectivity index (χ1v) is 5.21. The second kappa shape index (κ2) is 4.79. The third kappa shape index (κ3) is 2.42. The number of nitrogens with one attached hydrogen (secondary N) is 1. The normalized spacial score (nSPS) is 10.3. The summed E-state index contributed by atoms with van der Waals surface area (Å²) in [5.74, 6) is -1.24. The van der Waals surface area contributed by atoms with Gasteiger partial charge < -0.3 is 21.2 Å². The average molecular weight is 249 g/mol. The highest BCUT2D eigenvalue weighted by Crippen LogP contribution is 2.22. The van der Waals surface area contributed by atoms with E-state index in [0.29, 0.717) is 6.54 Å². The molecule has 1 aromatic carbocycles. The molecule has 0 radical (unpaired) electrons. The minimum Gasteiger partial charge on any atom is -0.472 e. The van der Waals surface area contributed by atoms with Crippen LogP contribution in [-0.2, 0) is 6.54 Å². The van der Waals surface area contributed by atoms with Crippen molar-refractivity contribution in [2.75, 3.05) is 11.1 Å². The molecule has 0 fully saturated rings. The second-order valence-corrected chi connectivity index (χ2v) is 3.77. The molecule has 0 aliphatic carbocycles. The third-order valence-corrected chi connectivity index (χ3v) is 2.47. The first kappa shape index (κ1) is 12.0. The van der Waals surface area contributed by atoms with Crippen molar-refractivity contribution in [3.05, 3.63) is 47.7 Å². The molecule has 18 heavy (non-hydrogen) atoms. The zero-order valence-electron chi connectivity index (χ0n) is 9.44. The van der Waals surface area contributed by atoms with E-state index >= 15 is 0 Å². The molecule has 2 aromatic rings. The van der Waals surface area contributed by atoms with Crippen molar-refractivity contribution in [3.63, 3.8) is 0 Å². The SMILES string of the molecule is NC(=O)c1cc(NCc2ccoc2)c(F)cc1N. The van der Waals surface area contributed by atoms with E-state index in [0.717, 1.165) is 11.6 Å². The molecule has 1 aromatic heterocycles. The summed E-state index contributed by atoms with van der Waals surface area (Å²) >= 11 is 0. The molecule has 0 aliphatic heterocycles. The van der Waals surface area contributed by atoms with E-state index in [4.69, 9.17) is 15.9 Å². The summed E-state index contributed by atoms with van der Waals surface area (Å²) < 4.78 is 18.5. The molecule has 0 spiro atoms. The number of primary amides is 1. The summed E-state index contributed by atoms with van der Waals surface area (Å²) in [6.45, 7) is 0.371. The molecule has 0 saturated carbocycles. The Bertz CT molecular complexity index is 567. The highest BCUT2D eigenvalue weighted by atomic mass is 19.1. The van der Waals surface area contributed by atoms with Crippen molar-refractivity contribution < 1.29 is 13.6 Å². The summed E-state index contributed by atoms with van der Waals surface area (Å²) in [7, 11) is 0. The summed E-state index contributed by atoms with van der Waals surface area (Å²) in [6, 6.07) is 4.11. The number of nitrogens with two attached hydrogens (primary N) is 2. The number of carbonyl (C=O) groups is 1. The predicted molar refractivity (Wildman–Crippen MR) is 65.4 cm³/mol. The smallest absolute Gasteiger partial charge is 0.250 e. The maximum atomic E-state index is 13.6. The molecule has 2 rings (SSSR count). The van der Waals surface area contributed by atoms with Crippen LogP contribution in [0.5, 0.6) is 0 Å². The van der Waals surface area contributed by atoms with Gasteiger partial charge in [0.05, 0.1) is 23.8 Å². The fourth-order valence-electron chi connectivity index (χ4n) is 1.53. The van der Waals surface area contributed by atoms with E-state index in [1.165, 1.54) is 18.6 Å². The molecule has 0 atom stereocenters. The minimum absolute atomic E-state index is 0.0221. The van der Waals surface area contributed by atoms with Crippen LogP contribution in [-0.4, -0.2) is 5.91 Å². The second-order valence-electron chi connectivity index (χ2n) is 3.77. The van der Waals surface area contributed by atoms with Crippen molar-refractivity contribution in [2.24, 2.45) is 5.73 Å². The van der Waals surface area contributed by atoms with Gasteiger partial charge in [0, 0.05) is 17.8 Å². The lowest BCUT2D eigenvalue weighted by Gasteiger charge is -2.09. The standard InChI is InChI=1S/C12H12FN3O2/c13-9-4-10(14)8(12(15)17)3-11(9)16-5-7-1-2-18-6-7/h1-4,6,16H,5,14H2,(H2,15,17). The molecule has 0 aliphatic rings. The third-order valence-electron chi connectivity index (χ3n) is 2.47. The topological polar surface area (TPSA) is 94.3 Å². The van der Waals surface area contributed by atoms with E-state index in [-0.39, 0.29) is 16.9 Å². The molecule has 1 amide bonds. The molecule has 0 unspecified atom stereocenters. The maximum Gasteiger partial charge on any atom is 0.250 e. The molecule has 0 saturated heterocycles. The van der Waals surface area contributed by atoms with Gasteiger partial charge in [0.25, 0.3) is 5.91 Å². The Kier molecular flexibility index (Phi) is 3.18. The molecule has 0 bridgehead atoms. The quantitative estimate of drug-likeness (QED) is 0.719. The van der Waals surface area contributed by atoms with Gasteiger partial charge in [-0.15, -0.1) is 0 Å². The van der Waals surface area contributed by atoms with Gasteiger partial charge in [-0.3, -0.25) is 4.79 Å². The Hall–Kier alpha value is -2.50. The zero-order chi connectivity index (χ0) is 13.1. The minimum atomic E-state index is -0.695. The maximum absolute atomic E-state index is 13.6. The molecule has 5 N–H and O–H groups in total. The monoisotopic (exact) mass is 249 g/mol. The van der Waals surface area contributed by atoms with Crippen LogP contribution >= 0.6 is 0 Å². The molecule has 6 heteroatoms. The molecule has 5 nitrogen and oxygen atoms in total. The Labute approximate surface area is 103 Å². The van der Waals surface area contributed by atoms with Crippen LogP contribution < -0.4 is 16.8 Å². The van der Waals surface area contributed by atoms with Crippen LogP contribution in [0.3, 0.4) is 0 Å². The van der Waals surface area contributed by atoms with Crippen LogP contribution in [0.2, 0.25) is 0 Å². The van der Waals surface area contributed by atoms with Gasteiger partial charge >= 0.3 is 0 Å². The van der Waals surface area contributed by atoms with Crippen molar-refractivity contribution in [2.45, 2.75) is 6.54 Å². The Balaban J connectivity index is 2.22. The Morgan fingerprint density at radius 2 is 2.22 bits per heavy atom. The Morgan fingerprint density at radius 1 is 1.44 bits per heavy atom. The van der Waals surface area contributed by atoms with E-state index in [2.05, 4.69) is 5.32 Å². The highest BCUT2D eigenvalue weighted by Gasteiger charge is 2.11. The molecule has 94 valence electrons. The van der Waals surface area contributed by atoms with Gasteiger partial charge in [-0.1, -0.05) is 0 Å². The first-order chi connectivity index (χ1) is 8.58. The largest absolute Gasteiger partial charge is 0.472 e. The average Bonchev–Trinajstić information content (AvgIpc) is 2.80. The van der Waals surface area contributed by atoms with Crippen molar-refractivity contribution in [1.82, 2.24) is 0 Å². The van der Waals surface area contributed by atoms with E-state index in [1.807, 2.05) is 0 Å². The van der Waals surface area contributed by atoms with Crippen LogP contribution in [0, 0.1) is 5.82 Å². The van der Waals surface area contributed by atoms with Gasteiger partial charge in [0.15, 0.2) is 0 Å². The number of amides is 1. The Morgan fingerprint density at radius 3 is 2.83 bits per heavy atom. The number of anilines is 2. The van der Waals surface area contributed by atoms with Crippen molar-refractivity contribution in [1.29, 1.82) is 0 Å². The number of halogens is 1. The van der Waals surface area contributed by atoms with Gasteiger partial charge in [-0.2, -0.15) is 0 Å². The summed E-state index contributed by atoms with van der Waals surface area (Å²) in [6.07, 6.45) is 3.06. The van der Waals surface area contributed by atoms with Crippen LogP contribution in [0.4, 0.5) is 15.8 Å². The number of carbonyl (C=O) groups excluding carboxylic acids is 1. The summed E-state index contributed by atoms with van der Waals surface area (Å²) in [5, 5.41) is 2.84.